The molecule has 0 saturated carbocycles. The zero-order valence-electron chi connectivity index (χ0n) is 16.4. The average Bonchev–Trinajstić information content (AvgIpc) is 2.95. The third kappa shape index (κ3) is 4.66. The largest absolute Gasteiger partial charge is 0.492 e. The fraction of sp³-hybridized carbons (Fsp3) is 0.208. The van der Waals surface area contributed by atoms with E-state index < -0.39 is 0 Å². The highest BCUT2D eigenvalue weighted by molar-refractivity contribution is 5.94. The van der Waals surface area contributed by atoms with Crippen LogP contribution in [0, 0.1) is 11.6 Å². The maximum Gasteiger partial charge on any atom is 0.251 e. The standard InChI is InChI=1S/C24H22F2N2O2/c25-21-7-3-1-5-18(21)14-27-24(29)17-9-10-23-20(13-17)16-28(11-12-30-23)15-19-6-2-4-8-22(19)26/h1-10,13H,11-12,14-16H2,(H,27,29). The Balaban J connectivity index is 1.46. The van der Waals surface area contributed by atoms with Crippen molar-refractivity contribution in [2.75, 3.05) is 13.2 Å². The summed E-state index contributed by atoms with van der Waals surface area (Å²) in [5.41, 5.74) is 2.39. The second kappa shape index (κ2) is 9.05. The van der Waals surface area contributed by atoms with Crippen molar-refractivity contribution in [3.05, 3.63) is 101 Å². The van der Waals surface area contributed by atoms with Crippen LogP contribution in [-0.2, 0) is 19.6 Å². The number of halogens is 2. The molecule has 0 spiro atoms. The van der Waals surface area contributed by atoms with Gasteiger partial charge >= 0.3 is 0 Å². The molecule has 0 fully saturated rings. The molecule has 0 aliphatic carbocycles. The van der Waals surface area contributed by atoms with Gasteiger partial charge in [-0.05, 0) is 30.3 Å². The summed E-state index contributed by atoms with van der Waals surface area (Å²) in [4.78, 5) is 14.7. The number of nitrogens with one attached hydrogen (secondary N) is 1. The first-order valence-corrected chi connectivity index (χ1v) is 9.83. The third-order valence-corrected chi connectivity index (χ3v) is 5.13. The SMILES string of the molecule is O=C(NCc1ccccc1F)c1ccc2c(c1)CN(Cc1ccccc1F)CCO2. The van der Waals surface area contributed by atoms with Crippen LogP contribution in [0.1, 0.15) is 27.0 Å². The molecular weight excluding hydrogens is 386 g/mol. The number of hydrogen-bond acceptors (Lipinski definition) is 3. The maximum absolute atomic E-state index is 14.0. The lowest BCUT2D eigenvalue weighted by atomic mass is 10.1. The van der Waals surface area contributed by atoms with Crippen LogP contribution in [0.2, 0.25) is 0 Å². The lowest BCUT2D eigenvalue weighted by molar-refractivity contribution is 0.0950. The molecule has 1 aliphatic rings. The molecule has 3 aromatic rings. The van der Waals surface area contributed by atoms with Gasteiger partial charge in [-0.1, -0.05) is 36.4 Å². The van der Waals surface area contributed by atoms with Crippen LogP contribution in [0.25, 0.3) is 0 Å². The van der Waals surface area contributed by atoms with Crippen molar-refractivity contribution >= 4 is 5.91 Å². The van der Waals surface area contributed by atoms with Gasteiger partial charge in [-0.25, -0.2) is 8.78 Å². The predicted octanol–water partition coefficient (Wildman–Crippen LogP) is 4.29. The van der Waals surface area contributed by atoms with Crippen LogP contribution >= 0.6 is 0 Å². The van der Waals surface area contributed by atoms with E-state index in [9.17, 15) is 13.6 Å². The van der Waals surface area contributed by atoms with Crippen LogP contribution in [-0.4, -0.2) is 24.0 Å². The molecule has 0 radical (unpaired) electrons. The van der Waals surface area contributed by atoms with E-state index in [1.54, 1.807) is 48.5 Å². The lowest BCUT2D eigenvalue weighted by Gasteiger charge is -2.19. The van der Waals surface area contributed by atoms with E-state index in [4.69, 9.17) is 4.74 Å². The van der Waals surface area contributed by atoms with Crippen molar-refractivity contribution in [1.82, 2.24) is 10.2 Å². The van der Waals surface area contributed by atoms with Gasteiger partial charge in [-0.2, -0.15) is 0 Å². The number of benzene rings is 3. The van der Waals surface area contributed by atoms with E-state index in [0.717, 1.165) is 11.3 Å². The Morgan fingerprint density at radius 1 is 0.967 bits per heavy atom. The Morgan fingerprint density at radius 3 is 2.40 bits per heavy atom. The summed E-state index contributed by atoms with van der Waals surface area (Å²) < 4.78 is 33.6. The van der Waals surface area contributed by atoms with E-state index in [-0.39, 0.29) is 24.1 Å². The third-order valence-electron chi connectivity index (χ3n) is 5.13. The molecule has 1 amide bonds. The minimum absolute atomic E-state index is 0.110. The first kappa shape index (κ1) is 20.0. The number of carbonyl (C=O) groups excluding carboxylic acids is 1. The van der Waals surface area contributed by atoms with E-state index in [1.807, 2.05) is 6.07 Å². The Bertz CT molecular complexity index is 1050. The molecule has 1 heterocycles. The quantitative estimate of drug-likeness (QED) is 0.685. The second-order valence-electron chi connectivity index (χ2n) is 7.25. The molecule has 0 saturated heterocycles. The summed E-state index contributed by atoms with van der Waals surface area (Å²) in [5, 5.41) is 2.75. The lowest BCUT2D eigenvalue weighted by Crippen LogP contribution is -2.26. The highest BCUT2D eigenvalue weighted by Crippen LogP contribution is 2.25. The first-order valence-electron chi connectivity index (χ1n) is 9.83. The highest BCUT2D eigenvalue weighted by Gasteiger charge is 2.18. The number of hydrogen-bond donors (Lipinski definition) is 1. The monoisotopic (exact) mass is 408 g/mol. The minimum atomic E-state index is -0.350. The summed E-state index contributed by atoms with van der Waals surface area (Å²) in [7, 11) is 0. The second-order valence-corrected chi connectivity index (χ2v) is 7.25. The highest BCUT2D eigenvalue weighted by atomic mass is 19.1. The Morgan fingerprint density at radius 2 is 1.67 bits per heavy atom. The molecule has 1 aliphatic heterocycles. The number of rotatable bonds is 5. The molecule has 0 atom stereocenters. The van der Waals surface area contributed by atoms with Crippen molar-refractivity contribution in [3.8, 4) is 5.75 Å². The van der Waals surface area contributed by atoms with Crippen LogP contribution in [0.5, 0.6) is 5.75 Å². The van der Waals surface area contributed by atoms with Gasteiger partial charge in [0.05, 0.1) is 0 Å². The van der Waals surface area contributed by atoms with Crippen molar-refractivity contribution in [1.29, 1.82) is 0 Å². The average molecular weight is 408 g/mol. The van der Waals surface area contributed by atoms with Gasteiger partial charge in [0.1, 0.15) is 24.0 Å². The summed E-state index contributed by atoms with van der Waals surface area (Å²) >= 11 is 0. The normalized spacial score (nSPS) is 13.8. The molecule has 4 rings (SSSR count). The Labute approximate surface area is 174 Å². The number of nitrogens with zero attached hydrogens (tertiary/aromatic N) is 1. The molecule has 4 nitrogen and oxygen atoms in total. The molecule has 0 bridgehead atoms. The Kier molecular flexibility index (Phi) is 6.05. The number of ether oxygens (including phenoxy) is 1. The van der Waals surface area contributed by atoms with E-state index in [0.29, 0.717) is 42.9 Å². The summed E-state index contributed by atoms with van der Waals surface area (Å²) in [6.45, 7) is 2.24. The van der Waals surface area contributed by atoms with Gasteiger partial charge in [0.2, 0.25) is 0 Å². The van der Waals surface area contributed by atoms with Gasteiger partial charge in [0.15, 0.2) is 0 Å². The predicted molar refractivity (Wildman–Crippen MR) is 110 cm³/mol. The summed E-state index contributed by atoms with van der Waals surface area (Å²) in [6, 6.07) is 18.3. The van der Waals surface area contributed by atoms with Crippen molar-refractivity contribution < 1.29 is 18.3 Å². The van der Waals surface area contributed by atoms with Crippen molar-refractivity contribution in [2.45, 2.75) is 19.6 Å². The molecule has 3 aromatic carbocycles. The maximum atomic E-state index is 14.0. The minimum Gasteiger partial charge on any atom is -0.492 e. The fourth-order valence-electron chi connectivity index (χ4n) is 3.51. The molecular formula is C24H22F2N2O2. The van der Waals surface area contributed by atoms with E-state index >= 15 is 0 Å². The van der Waals surface area contributed by atoms with Crippen molar-refractivity contribution in [3.63, 3.8) is 0 Å². The van der Waals surface area contributed by atoms with Gasteiger partial charge in [0.25, 0.3) is 5.91 Å². The summed E-state index contributed by atoms with van der Waals surface area (Å²) in [6.07, 6.45) is 0. The molecule has 0 aromatic heterocycles. The fourth-order valence-corrected chi connectivity index (χ4v) is 3.51. The zero-order valence-corrected chi connectivity index (χ0v) is 16.4. The topological polar surface area (TPSA) is 41.6 Å². The molecule has 6 heteroatoms. The van der Waals surface area contributed by atoms with E-state index in [2.05, 4.69) is 10.2 Å². The van der Waals surface area contributed by atoms with Crippen LogP contribution in [0.3, 0.4) is 0 Å². The van der Waals surface area contributed by atoms with Gasteiger partial charge < -0.3 is 10.1 Å². The molecule has 0 unspecified atom stereocenters. The first-order chi connectivity index (χ1) is 14.6. The van der Waals surface area contributed by atoms with Gasteiger partial charge in [-0.15, -0.1) is 0 Å². The van der Waals surface area contributed by atoms with Crippen LogP contribution < -0.4 is 10.1 Å². The van der Waals surface area contributed by atoms with Gasteiger partial charge in [0, 0.05) is 48.4 Å². The van der Waals surface area contributed by atoms with Gasteiger partial charge in [-0.3, -0.25) is 9.69 Å². The van der Waals surface area contributed by atoms with Crippen LogP contribution in [0.15, 0.2) is 66.7 Å². The van der Waals surface area contributed by atoms with Crippen molar-refractivity contribution in [2.24, 2.45) is 0 Å². The molecule has 1 N–H and O–H groups in total. The zero-order chi connectivity index (χ0) is 20.9. The van der Waals surface area contributed by atoms with E-state index in [1.165, 1.54) is 12.1 Å². The number of amides is 1. The molecule has 154 valence electrons. The molecule has 30 heavy (non-hydrogen) atoms. The number of fused-ring (bicyclic) bond motifs is 1. The Hall–Kier alpha value is -3.25. The smallest absolute Gasteiger partial charge is 0.251 e. The number of carbonyl (C=O) groups is 1. The summed E-state index contributed by atoms with van der Waals surface area (Å²) in [5.74, 6) is -0.149. The van der Waals surface area contributed by atoms with Crippen LogP contribution in [0.4, 0.5) is 8.78 Å².